The zero-order valence-electron chi connectivity index (χ0n) is 34.1. The number of rotatable bonds is 15. The van der Waals surface area contributed by atoms with Gasteiger partial charge in [-0.25, -0.2) is 4.98 Å². The SMILES string of the molecule is COc1ccc(C(OC[C@H]2O[C@@H](n3cnc4c(=O)[nH]c(NC(=O)C(C)C)nc43)[C@@H](O[Si](C)(C)C(C)(C)C)C2O[PH](=O)O)(c2ccccc2)c2ccc(OC)cc2)cc1. The van der Waals surface area contributed by atoms with E-state index < -0.39 is 52.3 Å². The van der Waals surface area contributed by atoms with Crippen molar-refractivity contribution in [3.05, 3.63) is 112 Å². The fourth-order valence-corrected chi connectivity index (χ4v) is 8.48. The van der Waals surface area contributed by atoms with E-state index in [0.717, 1.165) is 16.7 Å². The summed E-state index contributed by atoms with van der Waals surface area (Å²) in [4.78, 5) is 47.8. The van der Waals surface area contributed by atoms with Crippen molar-refractivity contribution < 1.29 is 42.2 Å². The van der Waals surface area contributed by atoms with Gasteiger partial charge < -0.3 is 32.8 Å². The Morgan fingerprint density at radius 1 is 0.948 bits per heavy atom. The van der Waals surface area contributed by atoms with Crippen LogP contribution in [0.3, 0.4) is 0 Å². The Balaban J connectivity index is 1.50. The van der Waals surface area contributed by atoms with Gasteiger partial charge in [-0.15, -0.1) is 0 Å². The molecule has 1 fully saturated rings. The monoisotopic (exact) mass is 833 g/mol. The molecule has 2 aromatic heterocycles. The van der Waals surface area contributed by atoms with Gasteiger partial charge in [0.05, 0.1) is 27.2 Å². The molecular formula is C41H52N5O10PSi. The summed E-state index contributed by atoms with van der Waals surface area (Å²) in [6.07, 6.45) is -2.83. The summed E-state index contributed by atoms with van der Waals surface area (Å²) in [5, 5.41) is 2.35. The number of H-pyrrole nitrogens is 1. The van der Waals surface area contributed by atoms with Crippen molar-refractivity contribution in [2.75, 3.05) is 26.1 Å². The van der Waals surface area contributed by atoms with Crippen molar-refractivity contribution in [3.63, 3.8) is 0 Å². The second kappa shape index (κ2) is 17.3. The minimum Gasteiger partial charge on any atom is -0.497 e. The van der Waals surface area contributed by atoms with Gasteiger partial charge in [0, 0.05) is 5.92 Å². The van der Waals surface area contributed by atoms with Crippen LogP contribution in [0, 0.1) is 5.92 Å². The molecule has 3 N–H and O–H groups in total. The molecule has 3 heterocycles. The lowest BCUT2D eigenvalue weighted by molar-refractivity contribution is -0.118. The highest BCUT2D eigenvalue weighted by Crippen LogP contribution is 2.47. The summed E-state index contributed by atoms with van der Waals surface area (Å²) in [5.41, 5.74) is 0.579. The number of hydrogen-bond acceptors (Lipinski definition) is 11. The molecule has 0 aliphatic carbocycles. The van der Waals surface area contributed by atoms with Gasteiger partial charge in [0.25, 0.3) is 5.56 Å². The van der Waals surface area contributed by atoms with Crippen molar-refractivity contribution in [2.24, 2.45) is 5.92 Å². The van der Waals surface area contributed by atoms with Crippen LogP contribution in [0.15, 0.2) is 90.0 Å². The lowest BCUT2D eigenvalue weighted by atomic mass is 9.80. The van der Waals surface area contributed by atoms with Crippen LogP contribution >= 0.6 is 8.25 Å². The molecule has 1 aliphatic heterocycles. The number of carbonyl (C=O) groups excluding carboxylic acids is 1. The zero-order valence-corrected chi connectivity index (χ0v) is 36.1. The fraction of sp³-hybridized carbons (Fsp3) is 0.415. The standard InChI is InChI=1S/C41H52N5O10PSi/c1-25(2)36(47)44-39-43-35-32(37(48)45-39)42-24-46(35)38-34(56-58(8,9)40(3,4)5)33(55-57(49)50)31(54-38)23-53-41(26-13-11-10-12-14-26,27-15-19-29(51-6)20-16-27)28-17-21-30(52-7)22-18-28/h10-22,24-25,31,33-34,38,57H,23H2,1-9H3,(H,49,50)(H2,43,44,45,47,48)/t31-,33?,34+,38-/m1/s1. The number of amides is 1. The number of benzene rings is 3. The molecule has 3 aromatic carbocycles. The lowest BCUT2D eigenvalue weighted by Gasteiger charge is -2.40. The molecule has 1 amide bonds. The Hall–Kier alpha value is -4.67. The van der Waals surface area contributed by atoms with Gasteiger partial charge in [0.2, 0.25) is 11.9 Å². The molecular weight excluding hydrogens is 782 g/mol. The molecule has 0 spiro atoms. The summed E-state index contributed by atoms with van der Waals surface area (Å²) in [6, 6.07) is 24.8. The highest BCUT2D eigenvalue weighted by molar-refractivity contribution is 7.32. The van der Waals surface area contributed by atoms with Crippen LogP contribution < -0.4 is 20.3 Å². The summed E-state index contributed by atoms with van der Waals surface area (Å²) < 4.78 is 52.2. The normalized spacial score (nSPS) is 19.4. The van der Waals surface area contributed by atoms with E-state index in [1.54, 1.807) is 28.1 Å². The number of nitrogens with zero attached hydrogens (tertiary/aromatic N) is 3. The third-order valence-electron chi connectivity index (χ3n) is 10.9. The Morgan fingerprint density at radius 2 is 1.52 bits per heavy atom. The number of hydrogen-bond donors (Lipinski definition) is 3. The van der Waals surface area contributed by atoms with Crippen molar-refractivity contribution >= 4 is 39.6 Å². The Bertz CT molecular complexity index is 2230. The molecule has 0 saturated carbocycles. The zero-order chi connectivity index (χ0) is 42.0. The maximum Gasteiger partial charge on any atom is 0.317 e. The first-order valence-electron chi connectivity index (χ1n) is 19.0. The molecule has 6 rings (SSSR count). The largest absolute Gasteiger partial charge is 0.497 e. The first-order valence-corrected chi connectivity index (χ1v) is 23.2. The van der Waals surface area contributed by atoms with Gasteiger partial charge in [-0.3, -0.25) is 29.0 Å². The molecule has 2 unspecified atom stereocenters. The van der Waals surface area contributed by atoms with E-state index in [1.807, 2.05) is 78.9 Å². The van der Waals surface area contributed by atoms with E-state index in [-0.39, 0.29) is 40.6 Å². The van der Waals surface area contributed by atoms with Gasteiger partial charge in [-0.05, 0) is 59.1 Å². The van der Waals surface area contributed by atoms with Crippen LogP contribution in [0.5, 0.6) is 11.5 Å². The quantitative estimate of drug-likeness (QED) is 0.0571. The predicted octanol–water partition coefficient (Wildman–Crippen LogP) is 6.80. The van der Waals surface area contributed by atoms with Gasteiger partial charge in [-0.1, -0.05) is 89.2 Å². The first kappa shape index (κ1) is 42.9. The van der Waals surface area contributed by atoms with Crippen LogP contribution in [0.2, 0.25) is 18.1 Å². The topological polar surface area (TPSA) is 185 Å². The molecule has 0 radical (unpaired) electrons. The number of ether oxygens (including phenoxy) is 4. The summed E-state index contributed by atoms with van der Waals surface area (Å²) in [6.45, 7) is 13.6. The van der Waals surface area contributed by atoms with Gasteiger partial charge in [0.1, 0.15) is 35.4 Å². The second-order valence-corrected chi connectivity index (χ2v) is 21.5. The highest BCUT2D eigenvalue weighted by atomic mass is 31.1. The summed E-state index contributed by atoms with van der Waals surface area (Å²) >= 11 is 0. The van der Waals surface area contributed by atoms with Crippen LogP contribution in [0.25, 0.3) is 11.2 Å². The molecule has 5 atom stereocenters. The average Bonchev–Trinajstić information content (AvgIpc) is 3.76. The van der Waals surface area contributed by atoms with Gasteiger partial charge >= 0.3 is 8.25 Å². The van der Waals surface area contributed by atoms with E-state index in [4.69, 9.17) is 27.9 Å². The third-order valence-corrected chi connectivity index (χ3v) is 15.8. The van der Waals surface area contributed by atoms with E-state index in [1.165, 1.54) is 10.9 Å². The molecule has 5 aromatic rings. The number of aromatic amines is 1. The molecule has 17 heteroatoms. The lowest BCUT2D eigenvalue weighted by Crippen LogP contribution is -2.49. The van der Waals surface area contributed by atoms with E-state index in [2.05, 4.69) is 54.1 Å². The number of nitrogens with one attached hydrogen (secondary N) is 2. The van der Waals surface area contributed by atoms with E-state index >= 15 is 0 Å². The minimum absolute atomic E-state index is 0.00719. The third kappa shape index (κ3) is 8.69. The van der Waals surface area contributed by atoms with Gasteiger partial charge in [-0.2, -0.15) is 4.98 Å². The Morgan fingerprint density at radius 3 is 2.03 bits per heavy atom. The summed E-state index contributed by atoms with van der Waals surface area (Å²) in [7, 11) is -3.07. The fourth-order valence-electron chi connectivity index (χ4n) is 6.68. The smallest absolute Gasteiger partial charge is 0.317 e. The van der Waals surface area contributed by atoms with Crippen LogP contribution in [0.4, 0.5) is 5.95 Å². The predicted molar refractivity (Wildman–Crippen MR) is 222 cm³/mol. The van der Waals surface area contributed by atoms with Crippen LogP contribution in [-0.2, 0) is 33.4 Å². The number of anilines is 1. The maximum atomic E-state index is 13.3. The number of fused-ring (bicyclic) bond motifs is 1. The van der Waals surface area contributed by atoms with Crippen molar-refractivity contribution in [1.29, 1.82) is 0 Å². The maximum absolute atomic E-state index is 13.3. The number of carbonyl (C=O) groups is 1. The Kier molecular flexibility index (Phi) is 12.8. The molecule has 15 nitrogen and oxygen atoms in total. The Labute approximate surface area is 339 Å². The van der Waals surface area contributed by atoms with Crippen LogP contribution in [-0.4, -0.2) is 77.8 Å². The first-order chi connectivity index (χ1) is 27.5. The molecule has 1 aliphatic rings. The number of aromatic nitrogens is 4. The van der Waals surface area contributed by atoms with E-state index in [0.29, 0.717) is 11.5 Å². The highest BCUT2D eigenvalue weighted by Gasteiger charge is 2.53. The van der Waals surface area contributed by atoms with Crippen molar-refractivity contribution in [1.82, 2.24) is 19.5 Å². The second-order valence-electron chi connectivity index (χ2n) is 16.0. The van der Waals surface area contributed by atoms with Crippen molar-refractivity contribution in [3.8, 4) is 11.5 Å². The van der Waals surface area contributed by atoms with Gasteiger partial charge in [0.15, 0.2) is 25.7 Å². The molecule has 0 bridgehead atoms. The average molecular weight is 834 g/mol. The van der Waals surface area contributed by atoms with Crippen molar-refractivity contribution in [2.45, 2.75) is 82.9 Å². The summed E-state index contributed by atoms with van der Waals surface area (Å²) in [5.74, 6) is 0.505. The molecule has 310 valence electrons. The molecule has 58 heavy (non-hydrogen) atoms. The van der Waals surface area contributed by atoms with E-state index in [9.17, 15) is 19.0 Å². The molecule has 1 saturated heterocycles. The van der Waals surface area contributed by atoms with Crippen LogP contribution in [0.1, 0.15) is 57.5 Å². The minimum atomic E-state index is -3.58. The number of imidazole rings is 1. The number of methoxy groups -OCH3 is 2.